The zero-order valence-electron chi connectivity index (χ0n) is 17.1. The van der Waals surface area contributed by atoms with Crippen LogP contribution in [-0.4, -0.2) is 37.8 Å². The molecule has 0 aromatic heterocycles. The maximum absolute atomic E-state index is 13.0. The number of nitrogens with zero attached hydrogens (tertiary/aromatic N) is 2. The monoisotopic (exact) mass is 427 g/mol. The summed E-state index contributed by atoms with van der Waals surface area (Å²) in [6, 6.07) is 13.4. The largest absolute Gasteiger partial charge is 0.481 e. The maximum Gasteiger partial charge on any atom is 0.265 e. The first-order valence-corrected chi connectivity index (χ1v) is 11.3. The van der Waals surface area contributed by atoms with Crippen molar-refractivity contribution in [2.75, 3.05) is 18.4 Å². The van der Waals surface area contributed by atoms with Gasteiger partial charge in [-0.15, -0.1) is 0 Å². The number of hydrogen-bond acceptors (Lipinski definition) is 5. The molecule has 0 radical (unpaired) electrons. The minimum Gasteiger partial charge on any atom is -0.481 e. The number of amides is 1. The molecule has 30 heavy (non-hydrogen) atoms. The van der Waals surface area contributed by atoms with Gasteiger partial charge >= 0.3 is 0 Å². The second-order valence-corrected chi connectivity index (χ2v) is 9.24. The van der Waals surface area contributed by atoms with Crippen LogP contribution >= 0.6 is 0 Å². The Bertz CT molecular complexity index is 1050. The minimum absolute atomic E-state index is 0.211. The second-order valence-electron chi connectivity index (χ2n) is 7.33. The molecule has 0 bridgehead atoms. The summed E-state index contributed by atoms with van der Waals surface area (Å²) >= 11 is 0. The first kappa shape index (κ1) is 21.8. The van der Waals surface area contributed by atoms with E-state index in [0.29, 0.717) is 35.7 Å². The molecule has 1 aliphatic rings. The number of ether oxygens (including phenoxy) is 1. The Morgan fingerprint density at radius 2 is 1.80 bits per heavy atom. The Morgan fingerprint density at radius 3 is 2.43 bits per heavy atom. The number of anilines is 1. The lowest BCUT2D eigenvalue weighted by Crippen LogP contribution is -2.36. The Balaban J connectivity index is 1.72. The summed E-state index contributed by atoms with van der Waals surface area (Å²) < 4.78 is 33.2. The van der Waals surface area contributed by atoms with Gasteiger partial charge in [0.1, 0.15) is 5.75 Å². The average molecular weight is 428 g/mol. The van der Waals surface area contributed by atoms with Crippen LogP contribution in [0.2, 0.25) is 0 Å². The Kier molecular flexibility index (Phi) is 6.75. The molecule has 1 heterocycles. The maximum atomic E-state index is 13.0. The van der Waals surface area contributed by atoms with Crippen LogP contribution < -0.4 is 10.1 Å². The molecule has 0 spiro atoms. The predicted octanol–water partition coefficient (Wildman–Crippen LogP) is 3.45. The number of sulfonamides is 1. The van der Waals surface area contributed by atoms with Crippen molar-refractivity contribution >= 4 is 21.6 Å². The molecular weight excluding hydrogens is 402 g/mol. The van der Waals surface area contributed by atoms with Gasteiger partial charge in [0.05, 0.1) is 16.5 Å². The van der Waals surface area contributed by atoms with Crippen LogP contribution in [0.1, 0.15) is 37.3 Å². The number of aryl methyl sites for hydroxylation is 1. The molecule has 2 aromatic carbocycles. The summed E-state index contributed by atoms with van der Waals surface area (Å²) in [4.78, 5) is 12.8. The third-order valence-corrected chi connectivity index (χ3v) is 7.09. The average Bonchev–Trinajstić information content (AvgIpc) is 2.76. The lowest BCUT2D eigenvalue weighted by molar-refractivity contribution is -0.122. The zero-order chi connectivity index (χ0) is 21.7. The molecule has 1 amide bonds. The smallest absolute Gasteiger partial charge is 0.265 e. The van der Waals surface area contributed by atoms with Gasteiger partial charge in [0.25, 0.3) is 5.91 Å². The van der Waals surface area contributed by atoms with Gasteiger partial charge in [-0.25, -0.2) is 8.42 Å². The van der Waals surface area contributed by atoms with Gasteiger partial charge in [-0.3, -0.25) is 4.79 Å². The van der Waals surface area contributed by atoms with E-state index in [4.69, 9.17) is 10.00 Å². The zero-order valence-corrected chi connectivity index (χ0v) is 17.9. The van der Waals surface area contributed by atoms with E-state index in [1.54, 1.807) is 50.2 Å². The van der Waals surface area contributed by atoms with Crippen LogP contribution in [0.4, 0.5) is 5.69 Å². The van der Waals surface area contributed by atoms with E-state index < -0.39 is 22.0 Å². The number of hydrogen-bond donors (Lipinski definition) is 1. The number of rotatable bonds is 6. The lowest BCUT2D eigenvalue weighted by Gasteiger charge is -2.26. The van der Waals surface area contributed by atoms with Gasteiger partial charge in [-0.2, -0.15) is 9.57 Å². The van der Waals surface area contributed by atoms with Crippen molar-refractivity contribution in [2.45, 2.75) is 44.1 Å². The summed E-state index contributed by atoms with van der Waals surface area (Å²) in [5.41, 5.74) is 1.54. The van der Waals surface area contributed by atoms with E-state index in [0.717, 1.165) is 19.3 Å². The van der Waals surface area contributed by atoms with Crippen LogP contribution in [0.25, 0.3) is 0 Å². The molecule has 0 aliphatic carbocycles. The van der Waals surface area contributed by atoms with Crippen molar-refractivity contribution in [2.24, 2.45) is 0 Å². The van der Waals surface area contributed by atoms with Crippen LogP contribution in [0, 0.1) is 18.3 Å². The van der Waals surface area contributed by atoms with Crippen LogP contribution in [0.3, 0.4) is 0 Å². The van der Waals surface area contributed by atoms with E-state index in [1.807, 2.05) is 6.07 Å². The van der Waals surface area contributed by atoms with Crippen LogP contribution in [0.15, 0.2) is 47.4 Å². The molecule has 1 unspecified atom stereocenters. The summed E-state index contributed by atoms with van der Waals surface area (Å²) in [6.45, 7) is 4.40. The van der Waals surface area contributed by atoms with Crippen molar-refractivity contribution in [1.82, 2.24) is 4.31 Å². The van der Waals surface area contributed by atoms with E-state index >= 15 is 0 Å². The molecule has 2 aromatic rings. The first-order valence-electron chi connectivity index (χ1n) is 9.90. The molecule has 1 fully saturated rings. The summed E-state index contributed by atoms with van der Waals surface area (Å²) in [5.74, 6) is 0.0680. The molecular formula is C22H25N3O4S. The minimum atomic E-state index is -3.60. The first-order chi connectivity index (χ1) is 14.3. The van der Waals surface area contributed by atoms with Crippen molar-refractivity contribution in [1.29, 1.82) is 5.26 Å². The SMILES string of the molecule is Cc1ccc(NC(=O)C(C)Oc2ccc(C#N)cc2)cc1S(=O)(=O)N1CCCCC1. The standard InChI is InChI=1S/C22H25N3O4S/c1-16-6-9-19(14-21(16)30(27,28)25-12-4-3-5-13-25)24-22(26)17(2)29-20-10-7-18(15-23)8-11-20/h6-11,14,17H,3-5,12-13H2,1-2H3,(H,24,26). The van der Waals surface area contributed by atoms with Gasteiger partial charge in [-0.05, 0) is 68.7 Å². The lowest BCUT2D eigenvalue weighted by atomic mass is 10.2. The summed E-state index contributed by atoms with van der Waals surface area (Å²) in [6.07, 6.45) is 1.96. The fraction of sp³-hybridized carbons (Fsp3) is 0.364. The molecule has 3 rings (SSSR count). The molecule has 8 heteroatoms. The Labute approximate surface area is 177 Å². The summed E-state index contributed by atoms with van der Waals surface area (Å²) in [7, 11) is -3.60. The molecule has 7 nitrogen and oxygen atoms in total. The van der Waals surface area contributed by atoms with E-state index in [-0.39, 0.29) is 4.90 Å². The topological polar surface area (TPSA) is 99.5 Å². The number of piperidine rings is 1. The van der Waals surface area contributed by atoms with E-state index in [2.05, 4.69) is 5.32 Å². The molecule has 1 aliphatic heterocycles. The van der Waals surface area contributed by atoms with Gasteiger partial charge in [-0.1, -0.05) is 12.5 Å². The van der Waals surface area contributed by atoms with Crippen molar-refractivity contribution < 1.29 is 17.9 Å². The predicted molar refractivity (Wildman–Crippen MR) is 114 cm³/mol. The van der Waals surface area contributed by atoms with Gasteiger partial charge in [0.15, 0.2) is 6.10 Å². The molecule has 1 N–H and O–H groups in total. The number of nitriles is 1. The molecule has 158 valence electrons. The van der Waals surface area contributed by atoms with Crippen molar-refractivity contribution in [3.8, 4) is 11.8 Å². The fourth-order valence-corrected chi connectivity index (χ4v) is 5.08. The van der Waals surface area contributed by atoms with Crippen molar-refractivity contribution in [3.63, 3.8) is 0 Å². The summed E-state index contributed by atoms with van der Waals surface area (Å²) in [5, 5.41) is 11.6. The van der Waals surface area contributed by atoms with E-state index in [9.17, 15) is 13.2 Å². The third kappa shape index (κ3) is 4.99. The number of carbonyl (C=O) groups excluding carboxylic acids is 1. The third-order valence-electron chi connectivity index (χ3n) is 5.05. The highest BCUT2D eigenvalue weighted by atomic mass is 32.2. The quantitative estimate of drug-likeness (QED) is 0.761. The second kappa shape index (κ2) is 9.28. The van der Waals surface area contributed by atoms with Crippen molar-refractivity contribution in [3.05, 3.63) is 53.6 Å². The highest BCUT2D eigenvalue weighted by Gasteiger charge is 2.28. The fourth-order valence-electron chi connectivity index (χ4n) is 3.31. The number of nitrogens with one attached hydrogen (secondary N) is 1. The highest BCUT2D eigenvalue weighted by molar-refractivity contribution is 7.89. The Morgan fingerprint density at radius 1 is 1.13 bits per heavy atom. The van der Waals surface area contributed by atoms with Gasteiger partial charge < -0.3 is 10.1 Å². The molecule has 0 saturated carbocycles. The highest BCUT2D eigenvalue weighted by Crippen LogP contribution is 2.26. The normalized spacial score (nSPS) is 15.8. The van der Waals surface area contributed by atoms with Gasteiger partial charge in [0.2, 0.25) is 10.0 Å². The number of benzene rings is 2. The molecule has 1 atom stereocenters. The Hall–Kier alpha value is -2.89. The van der Waals surface area contributed by atoms with Crippen LogP contribution in [-0.2, 0) is 14.8 Å². The number of carbonyl (C=O) groups is 1. The van der Waals surface area contributed by atoms with Crippen LogP contribution in [0.5, 0.6) is 5.75 Å². The van der Waals surface area contributed by atoms with Gasteiger partial charge in [0, 0.05) is 18.8 Å². The van der Waals surface area contributed by atoms with E-state index in [1.165, 1.54) is 10.4 Å². The molecule has 1 saturated heterocycles.